The number of carbonyl (C=O) groups excluding carboxylic acids is 1. The number of esters is 1. The molecule has 0 aliphatic rings. The van der Waals surface area contributed by atoms with Crippen LogP contribution in [0.3, 0.4) is 0 Å². The summed E-state index contributed by atoms with van der Waals surface area (Å²) >= 11 is 0. The van der Waals surface area contributed by atoms with Crippen LogP contribution >= 0.6 is 7.82 Å². The van der Waals surface area contributed by atoms with E-state index in [1.54, 1.807) is 0 Å². The highest BCUT2D eigenvalue weighted by Gasteiger charge is 2.25. The van der Waals surface area contributed by atoms with E-state index in [2.05, 4.69) is 38.2 Å². The SMILES string of the molecule is CCCCCC/C=C\C/C=C\CCCCCCCC(=O)OC(COCCCCCCCCCCCCCCCCCCCCCCCCCC)COP(=O)(O)OCCN. The van der Waals surface area contributed by atoms with Crippen molar-refractivity contribution in [2.24, 2.45) is 5.73 Å². The maximum Gasteiger partial charge on any atom is 0.472 e. The van der Waals surface area contributed by atoms with Crippen molar-refractivity contribution in [3.63, 3.8) is 0 Å². The monoisotopic (exact) mass is 856 g/mol. The van der Waals surface area contributed by atoms with E-state index in [0.717, 1.165) is 57.8 Å². The predicted molar refractivity (Wildman–Crippen MR) is 252 cm³/mol. The molecule has 0 fully saturated rings. The summed E-state index contributed by atoms with van der Waals surface area (Å²) in [5.74, 6) is -0.339. The first kappa shape index (κ1) is 58.0. The highest BCUT2D eigenvalue weighted by atomic mass is 31.2. The zero-order valence-electron chi connectivity index (χ0n) is 39.0. The minimum Gasteiger partial charge on any atom is -0.457 e. The van der Waals surface area contributed by atoms with E-state index in [1.807, 2.05) is 0 Å². The molecule has 3 N–H and O–H groups in total. The first-order chi connectivity index (χ1) is 28.9. The molecule has 59 heavy (non-hydrogen) atoms. The van der Waals surface area contributed by atoms with Crippen LogP contribution in [-0.2, 0) is 27.9 Å². The van der Waals surface area contributed by atoms with E-state index in [1.165, 1.54) is 173 Å². The van der Waals surface area contributed by atoms with E-state index in [-0.39, 0.29) is 32.3 Å². The highest BCUT2D eigenvalue weighted by molar-refractivity contribution is 7.47. The molecule has 0 spiro atoms. The largest absolute Gasteiger partial charge is 0.472 e. The van der Waals surface area contributed by atoms with E-state index < -0.39 is 13.9 Å². The van der Waals surface area contributed by atoms with Crippen LogP contribution in [0.4, 0.5) is 0 Å². The highest BCUT2D eigenvalue weighted by Crippen LogP contribution is 2.43. The normalized spacial score (nSPS) is 13.5. The van der Waals surface area contributed by atoms with Crippen LogP contribution in [0.25, 0.3) is 0 Å². The van der Waals surface area contributed by atoms with Crippen molar-refractivity contribution in [2.75, 3.05) is 33.0 Å². The molecule has 0 rings (SSSR count). The fourth-order valence-electron chi connectivity index (χ4n) is 7.38. The Kier molecular flexibility index (Phi) is 47.2. The topological polar surface area (TPSA) is 117 Å². The molecule has 0 aromatic rings. The first-order valence-electron chi connectivity index (χ1n) is 25.3. The standard InChI is InChI=1S/C50H98NO7P/c1-3-5-7-9-11-13-15-17-19-21-22-23-24-25-26-27-28-30-32-34-36-38-40-42-45-55-47-49(48-57-59(53,54)56-46-44-51)58-50(52)43-41-39-37-35-33-31-29-20-18-16-14-12-10-8-6-4-2/h14,16,20,29,49H,3-13,15,17-19,21-28,30-48,51H2,1-2H3,(H,53,54)/b16-14-,29-20-. The zero-order chi connectivity index (χ0) is 43.0. The number of rotatable bonds is 49. The Hall–Kier alpha value is -1.02. The number of ether oxygens (including phenoxy) is 2. The Morgan fingerprint density at radius 2 is 0.898 bits per heavy atom. The summed E-state index contributed by atoms with van der Waals surface area (Å²) in [4.78, 5) is 22.5. The van der Waals surface area contributed by atoms with E-state index >= 15 is 0 Å². The van der Waals surface area contributed by atoms with Crippen LogP contribution in [0, 0.1) is 0 Å². The lowest BCUT2D eigenvalue weighted by Crippen LogP contribution is -2.28. The van der Waals surface area contributed by atoms with Crippen LogP contribution in [0.5, 0.6) is 0 Å². The van der Waals surface area contributed by atoms with Gasteiger partial charge in [-0.2, -0.15) is 0 Å². The molecule has 0 saturated heterocycles. The lowest BCUT2D eigenvalue weighted by atomic mass is 10.0. The van der Waals surface area contributed by atoms with Crippen LogP contribution in [0.2, 0.25) is 0 Å². The second kappa shape index (κ2) is 48.0. The summed E-state index contributed by atoms with van der Waals surface area (Å²) in [6, 6.07) is 0. The van der Waals surface area contributed by atoms with Crippen molar-refractivity contribution >= 4 is 13.8 Å². The molecule has 2 unspecified atom stereocenters. The van der Waals surface area contributed by atoms with Crippen molar-refractivity contribution in [1.29, 1.82) is 0 Å². The van der Waals surface area contributed by atoms with Crippen molar-refractivity contribution in [3.05, 3.63) is 24.3 Å². The molecule has 0 aromatic carbocycles. The number of hydrogen-bond acceptors (Lipinski definition) is 7. The molecule has 0 aliphatic heterocycles. The molecule has 0 heterocycles. The summed E-state index contributed by atoms with van der Waals surface area (Å²) in [5.41, 5.74) is 5.38. The van der Waals surface area contributed by atoms with Gasteiger partial charge in [-0.15, -0.1) is 0 Å². The summed E-state index contributed by atoms with van der Waals surface area (Å²) in [6.07, 6.45) is 55.0. The van der Waals surface area contributed by atoms with Gasteiger partial charge in [-0.1, -0.05) is 224 Å². The molecule has 0 aliphatic carbocycles. The van der Waals surface area contributed by atoms with E-state index in [9.17, 15) is 14.3 Å². The molecule has 9 heteroatoms. The van der Waals surface area contributed by atoms with E-state index in [4.69, 9.17) is 24.3 Å². The molecule has 8 nitrogen and oxygen atoms in total. The summed E-state index contributed by atoms with van der Waals surface area (Å²) in [5, 5.41) is 0. The molecule has 350 valence electrons. The van der Waals surface area contributed by atoms with Crippen LogP contribution in [0.1, 0.15) is 251 Å². The van der Waals surface area contributed by atoms with Gasteiger partial charge in [-0.05, 0) is 44.9 Å². The molecule has 0 amide bonds. The van der Waals surface area contributed by atoms with Crippen LogP contribution < -0.4 is 5.73 Å². The van der Waals surface area contributed by atoms with Gasteiger partial charge in [-0.25, -0.2) is 4.57 Å². The Balaban J connectivity index is 3.89. The van der Waals surface area contributed by atoms with Gasteiger partial charge in [0, 0.05) is 19.6 Å². The minimum absolute atomic E-state index is 0.0960. The second-order valence-electron chi connectivity index (χ2n) is 17.0. The van der Waals surface area contributed by atoms with Gasteiger partial charge >= 0.3 is 13.8 Å². The van der Waals surface area contributed by atoms with Crippen molar-refractivity contribution < 1.29 is 32.8 Å². The van der Waals surface area contributed by atoms with Gasteiger partial charge in [0.05, 0.1) is 19.8 Å². The van der Waals surface area contributed by atoms with Gasteiger partial charge in [-0.3, -0.25) is 13.8 Å². The number of carbonyl (C=O) groups is 1. The molecular formula is C50H98NO7P. The smallest absolute Gasteiger partial charge is 0.457 e. The average molecular weight is 856 g/mol. The van der Waals surface area contributed by atoms with Gasteiger partial charge < -0.3 is 20.1 Å². The number of allylic oxidation sites excluding steroid dienone is 4. The number of hydrogen-bond donors (Lipinski definition) is 2. The van der Waals surface area contributed by atoms with Gasteiger partial charge in [0.25, 0.3) is 0 Å². The summed E-state index contributed by atoms with van der Waals surface area (Å²) < 4.78 is 33.5. The molecule has 2 atom stereocenters. The summed E-state index contributed by atoms with van der Waals surface area (Å²) in [6.45, 7) is 4.94. The quantitative estimate of drug-likeness (QED) is 0.0269. The Bertz CT molecular complexity index is 962. The number of phosphoric ester groups is 1. The Morgan fingerprint density at radius 1 is 0.508 bits per heavy atom. The van der Waals surface area contributed by atoms with Crippen molar-refractivity contribution in [2.45, 2.75) is 258 Å². The third-order valence-corrected chi connectivity index (χ3v) is 12.1. The van der Waals surface area contributed by atoms with Crippen molar-refractivity contribution in [1.82, 2.24) is 0 Å². The average Bonchev–Trinajstić information content (AvgIpc) is 3.23. The third-order valence-electron chi connectivity index (χ3n) is 11.1. The molecule has 0 saturated carbocycles. The van der Waals surface area contributed by atoms with Crippen LogP contribution in [0.15, 0.2) is 24.3 Å². The predicted octanol–water partition coefficient (Wildman–Crippen LogP) is 15.6. The molecule has 0 bridgehead atoms. The number of phosphoric acid groups is 1. The number of unbranched alkanes of at least 4 members (excludes halogenated alkanes) is 32. The van der Waals surface area contributed by atoms with E-state index in [0.29, 0.717) is 13.0 Å². The van der Waals surface area contributed by atoms with Gasteiger partial charge in [0.1, 0.15) is 6.10 Å². The lowest BCUT2D eigenvalue weighted by Gasteiger charge is -2.20. The first-order valence-corrected chi connectivity index (χ1v) is 26.8. The summed E-state index contributed by atoms with van der Waals surface area (Å²) in [7, 11) is -4.28. The number of nitrogens with two attached hydrogens (primary N) is 1. The third kappa shape index (κ3) is 47.9. The second-order valence-corrected chi connectivity index (χ2v) is 18.5. The Labute approximate surface area is 366 Å². The maximum absolute atomic E-state index is 12.6. The van der Waals surface area contributed by atoms with Gasteiger partial charge in [0.2, 0.25) is 0 Å². The fourth-order valence-corrected chi connectivity index (χ4v) is 8.15. The Morgan fingerprint density at radius 3 is 1.34 bits per heavy atom. The lowest BCUT2D eigenvalue weighted by molar-refractivity contribution is -0.154. The van der Waals surface area contributed by atoms with Crippen molar-refractivity contribution in [3.8, 4) is 0 Å². The molecule has 0 radical (unpaired) electrons. The molecular weight excluding hydrogens is 758 g/mol. The minimum atomic E-state index is -4.28. The van der Waals surface area contributed by atoms with Crippen LogP contribution in [-0.4, -0.2) is 49.9 Å². The maximum atomic E-state index is 12.6. The fraction of sp³-hybridized carbons (Fsp3) is 0.900. The zero-order valence-corrected chi connectivity index (χ0v) is 39.9. The van der Waals surface area contributed by atoms with Gasteiger partial charge in [0.15, 0.2) is 0 Å². The molecule has 0 aromatic heterocycles.